The Kier molecular flexibility index (Phi) is 3.41. The van der Waals surface area contributed by atoms with E-state index in [9.17, 15) is 0 Å². The van der Waals surface area contributed by atoms with E-state index in [1.807, 2.05) is 18.2 Å². The minimum atomic E-state index is 0.257. The van der Waals surface area contributed by atoms with Crippen LogP contribution in [0.5, 0.6) is 11.5 Å². The summed E-state index contributed by atoms with van der Waals surface area (Å²) < 4.78 is 10.6. The summed E-state index contributed by atoms with van der Waals surface area (Å²) in [4.78, 5) is 0. The minimum Gasteiger partial charge on any atom is -0.454 e. The van der Waals surface area contributed by atoms with Crippen LogP contribution in [0.4, 0.5) is 0 Å². The second-order valence-corrected chi connectivity index (χ2v) is 4.98. The molecule has 0 unspecified atom stereocenters. The average Bonchev–Trinajstić information content (AvgIpc) is 2.76. The first-order valence-electron chi connectivity index (χ1n) is 6.03. The normalized spacial score (nSPS) is 14.5. The maximum atomic E-state index is 5.34. The lowest BCUT2D eigenvalue weighted by molar-refractivity contribution is 0.174. The largest absolute Gasteiger partial charge is 0.454 e. The molecule has 0 amide bonds. The summed E-state index contributed by atoms with van der Waals surface area (Å²) in [6, 6.07) is 6.00. The molecule has 0 N–H and O–H groups in total. The average molecular weight is 231 g/mol. The van der Waals surface area contributed by atoms with Crippen molar-refractivity contribution in [2.24, 2.45) is 5.41 Å². The fourth-order valence-corrected chi connectivity index (χ4v) is 1.55. The molecule has 0 aromatic heterocycles. The number of hydrogen-bond donors (Lipinski definition) is 0. The molecule has 0 saturated carbocycles. The lowest BCUT2D eigenvalue weighted by Crippen LogP contribution is -2.07. The molecule has 91 valence electrons. The van der Waals surface area contributed by atoms with Crippen molar-refractivity contribution < 1.29 is 9.47 Å². The van der Waals surface area contributed by atoms with E-state index >= 15 is 0 Å². The van der Waals surface area contributed by atoms with Gasteiger partial charge >= 0.3 is 0 Å². The van der Waals surface area contributed by atoms with Crippen molar-refractivity contribution in [2.45, 2.75) is 27.2 Å². The van der Waals surface area contributed by atoms with Gasteiger partial charge in [-0.3, -0.25) is 0 Å². The monoisotopic (exact) mass is 231 g/mol. The maximum absolute atomic E-state index is 5.34. The predicted molar refractivity (Wildman–Crippen MR) is 70.0 cm³/mol. The molecule has 2 heteroatoms. The zero-order valence-electron chi connectivity index (χ0n) is 10.7. The van der Waals surface area contributed by atoms with E-state index in [1.165, 1.54) is 0 Å². The first kappa shape index (κ1) is 12.0. The first-order chi connectivity index (χ1) is 8.11. The number of rotatable bonds is 4. The molecule has 1 heterocycles. The molecule has 17 heavy (non-hydrogen) atoms. The molecule has 0 aliphatic carbocycles. The first-order valence-corrected chi connectivity index (χ1v) is 6.03. The van der Waals surface area contributed by atoms with Crippen LogP contribution in [0.3, 0.4) is 0 Å². The van der Waals surface area contributed by atoms with E-state index < -0.39 is 0 Å². The lowest BCUT2D eigenvalue weighted by Gasteiger charge is -2.19. The third-order valence-electron chi connectivity index (χ3n) is 3.14. The van der Waals surface area contributed by atoms with Crippen LogP contribution in [0, 0.1) is 11.8 Å². The molecule has 1 aliphatic rings. The highest BCUT2D eigenvalue weighted by Gasteiger charge is 2.14. The highest BCUT2D eigenvalue weighted by Crippen LogP contribution is 2.33. The lowest BCUT2D eigenvalue weighted by atomic mass is 9.86. The van der Waals surface area contributed by atoms with Gasteiger partial charge in [0.2, 0.25) is 6.79 Å². The van der Waals surface area contributed by atoms with Crippen molar-refractivity contribution in [3.63, 3.8) is 0 Å². The Hall–Kier alpha value is -1.44. The Balaban J connectivity index is 2.02. The van der Waals surface area contributed by atoms with Gasteiger partial charge in [-0.15, -0.1) is 0 Å². The quantitative estimate of drug-likeness (QED) is 0.777. The van der Waals surface area contributed by atoms with E-state index in [0.717, 1.165) is 23.5 Å². The zero-order chi connectivity index (χ0) is 12.3. The second kappa shape index (κ2) is 4.82. The fourth-order valence-electron chi connectivity index (χ4n) is 1.55. The van der Waals surface area contributed by atoms with Gasteiger partial charge in [0.05, 0.1) is 0 Å². The molecule has 0 atom stereocenters. The molecule has 1 aromatic carbocycles. The van der Waals surface area contributed by atoms with Gasteiger partial charge < -0.3 is 9.47 Å². The van der Waals surface area contributed by atoms with Crippen LogP contribution in [-0.4, -0.2) is 6.79 Å². The molecule has 0 bridgehead atoms. The van der Waals surface area contributed by atoms with Gasteiger partial charge in [-0.2, -0.15) is 0 Å². The second-order valence-electron chi connectivity index (χ2n) is 4.98. The van der Waals surface area contributed by atoms with Crippen LogP contribution in [0.15, 0.2) is 24.3 Å². The Morgan fingerprint density at radius 3 is 2.76 bits per heavy atom. The van der Waals surface area contributed by atoms with Crippen molar-refractivity contribution in [2.75, 3.05) is 6.79 Å². The molecule has 0 fully saturated rings. The molecule has 2 rings (SSSR count). The third-order valence-corrected chi connectivity index (χ3v) is 3.14. The van der Waals surface area contributed by atoms with Gasteiger partial charge in [-0.25, -0.2) is 0 Å². The van der Waals surface area contributed by atoms with E-state index in [0.29, 0.717) is 6.79 Å². The Bertz CT molecular complexity index is 419. The highest BCUT2D eigenvalue weighted by atomic mass is 16.7. The summed E-state index contributed by atoms with van der Waals surface area (Å²) in [5.41, 5.74) is 1.39. The van der Waals surface area contributed by atoms with Crippen LogP contribution in [0.25, 0.3) is 6.08 Å². The van der Waals surface area contributed by atoms with Gasteiger partial charge in [0.15, 0.2) is 11.5 Å². The summed E-state index contributed by atoms with van der Waals surface area (Å²) in [7, 11) is 0. The Morgan fingerprint density at radius 1 is 1.24 bits per heavy atom. The summed E-state index contributed by atoms with van der Waals surface area (Å²) in [6.07, 6.45) is 7.58. The van der Waals surface area contributed by atoms with E-state index in [1.54, 1.807) is 0 Å². The number of ether oxygens (including phenoxy) is 2. The minimum absolute atomic E-state index is 0.257. The Morgan fingerprint density at radius 2 is 2.00 bits per heavy atom. The Labute approximate surface area is 103 Å². The van der Waals surface area contributed by atoms with Crippen LogP contribution in [0.1, 0.15) is 32.8 Å². The van der Waals surface area contributed by atoms with Gasteiger partial charge in [0, 0.05) is 0 Å². The van der Waals surface area contributed by atoms with Crippen LogP contribution < -0.4 is 9.47 Å². The maximum Gasteiger partial charge on any atom is 0.231 e. The fraction of sp³-hybridized carbons (Fsp3) is 0.400. The number of fused-ring (bicyclic) bond motifs is 1. The highest BCUT2D eigenvalue weighted by molar-refractivity contribution is 5.57. The van der Waals surface area contributed by atoms with Crippen LogP contribution in [0.2, 0.25) is 0 Å². The number of benzene rings is 1. The molecule has 1 aliphatic heterocycles. The molecular formula is C15H19O2. The van der Waals surface area contributed by atoms with Gasteiger partial charge in [0.1, 0.15) is 0 Å². The van der Waals surface area contributed by atoms with Gasteiger partial charge in [0.25, 0.3) is 0 Å². The summed E-state index contributed by atoms with van der Waals surface area (Å²) >= 11 is 0. The predicted octanol–water partition coefficient (Wildman–Crippen LogP) is 4.07. The van der Waals surface area contributed by atoms with E-state index in [4.69, 9.17) is 9.47 Å². The molecule has 1 aromatic rings. The van der Waals surface area contributed by atoms with Crippen LogP contribution >= 0.6 is 0 Å². The summed E-state index contributed by atoms with van der Waals surface area (Å²) in [6.45, 7) is 7.00. The van der Waals surface area contributed by atoms with Crippen molar-refractivity contribution in [1.29, 1.82) is 0 Å². The van der Waals surface area contributed by atoms with Crippen molar-refractivity contribution in [3.05, 3.63) is 36.3 Å². The third kappa shape index (κ3) is 3.02. The smallest absolute Gasteiger partial charge is 0.231 e. The molecule has 1 radical (unpaired) electrons. The zero-order valence-corrected chi connectivity index (χ0v) is 10.7. The summed E-state index contributed by atoms with van der Waals surface area (Å²) in [5.74, 6) is 1.67. The molecular weight excluding hydrogens is 212 g/mol. The number of allylic oxidation sites excluding steroid dienone is 1. The molecule has 2 nitrogen and oxygen atoms in total. The van der Waals surface area contributed by atoms with Crippen molar-refractivity contribution in [3.8, 4) is 11.5 Å². The number of hydrogen-bond acceptors (Lipinski definition) is 2. The van der Waals surface area contributed by atoms with Gasteiger partial charge in [-0.05, 0) is 29.5 Å². The summed E-state index contributed by atoms with van der Waals surface area (Å²) in [5, 5.41) is 0. The topological polar surface area (TPSA) is 18.5 Å². The van der Waals surface area contributed by atoms with Crippen molar-refractivity contribution >= 4 is 6.08 Å². The standard InChI is InChI=1S/C15H19O2/c1-4-15(2,3)9-5-6-12-7-8-13-14(10-12)17-11-16-13/h5-10H,4,11H2,1-3H3/b6-5+. The SMILES string of the molecule is CCC(C)(C)[CH]/C=C/c1ccc2c(c1)OCO2. The van der Waals surface area contributed by atoms with E-state index in [2.05, 4.69) is 39.3 Å². The van der Waals surface area contributed by atoms with Crippen molar-refractivity contribution in [1.82, 2.24) is 0 Å². The molecule has 0 saturated heterocycles. The van der Waals surface area contributed by atoms with Gasteiger partial charge in [-0.1, -0.05) is 45.4 Å². The van der Waals surface area contributed by atoms with Crippen LogP contribution in [-0.2, 0) is 0 Å². The molecule has 0 spiro atoms. The van der Waals surface area contributed by atoms with E-state index in [-0.39, 0.29) is 5.41 Å².